The Labute approximate surface area is 98.0 Å². The Kier molecular flexibility index (Phi) is 4.01. The molecule has 0 N–H and O–H groups in total. The Hall–Kier alpha value is -0.480. The normalized spacial score (nSPS) is 10.3. The largest absolute Gasteiger partial charge is 0.281 e. The quantitative estimate of drug-likeness (QED) is 0.617. The fourth-order valence-electron chi connectivity index (χ4n) is 0.880. The monoisotopic (exact) mass is 328 g/mol. The van der Waals surface area contributed by atoms with Crippen LogP contribution in [-0.2, 0) is 6.42 Å². The molecule has 0 aliphatic carbocycles. The number of pyridine rings is 1. The molecule has 0 radical (unpaired) electrons. The summed E-state index contributed by atoms with van der Waals surface area (Å²) in [5.41, 5.74) is 0.139. The summed E-state index contributed by atoms with van der Waals surface area (Å²) in [6, 6.07) is 3.34. The minimum atomic E-state index is -2.64. The SMILES string of the molecule is N#CCc1cc(I)c(C(F)F)nc1Cl. The molecule has 0 aromatic carbocycles. The summed E-state index contributed by atoms with van der Waals surface area (Å²) in [5, 5.41) is 8.40. The van der Waals surface area contributed by atoms with Crippen molar-refractivity contribution >= 4 is 34.2 Å². The summed E-state index contributed by atoms with van der Waals surface area (Å²) < 4.78 is 25.0. The van der Waals surface area contributed by atoms with Crippen LogP contribution < -0.4 is 0 Å². The van der Waals surface area contributed by atoms with E-state index in [0.29, 0.717) is 9.13 Å². The van der Waals surface area contributed by atoms with Gasteiger partial charge in [-0.15, -0.1) is 0 Å². The van der Waals surface area contributed by atoms with Gasteiger partial charge in [0.25, 0.3) is 6.43 Å². The van der Waals surface area contributed by atoms with E-state index < -0.39 is 6.43 Å². The van der Waals surface area contributed by atoms with E-state index in [0.717, 1.165) is 0 Å². The molecule has 0 saturated carbocycles. The zero-order valence-electron chi connectivity index (χ0n) is 6.77. The maximum atomic E-state index is 12.3. The highest BCUT2D eigenvalue weighted by atomic mass is 127. The number of aromatic nitrogens is 1. The van der Waals surface area contributed by atoms with Crippen LogP contribution in [0.2, 0.25) is 5.15 Å². The molecule has 2 nitrogen and oxygen atoms in total. The second-order valence-electron chi connectivity index (χ2n) is 2.44. The van der Waals surface area contributed by atoms with Gasteiger partial charge >= 0.3 is 0 Å². The van der Waals surface area contributed by atoms with Crippen LogP contribution in [0.25, 0.3) is 0 Å². The lowest BCUT2D eigenvalue weighted by Gasteiger charge is -2.05. The number of alkyl halides is 2. The number of hydrogen-bond acceptors (Lipinski definition) is 2. The van der Waals surface area contributed by atoms with Crippen molar-refractivity contribution in [3.8, 4) is 6.07 Å². The fourth-order valence-corrected chi connectivity index (χ4v) is 1.82. The minimum absolute atomic E-state index is 0.0257. The van der Waals surface area contributed by atoms with Gasteiger partial charge < -0.3 is 0 Å². The highest BCUT2D eigenvalue weighted by Gasteiger charge is 2.16. The predicted molar refractivity (Wildman–Crippen MR) is 56.2 cm³/mol. The third-order valence-corrected chi connectivity index (χ3v) is 2.70. The number of nitriles is 1. The van der Waals surface area contributed by atoms with E-state index >= 15 is 0 Å². The Morgan fingerprint density at radius 2 is 2.29 bits per heavy atom. The first-order chi connectivity index (χ1) is 6.56. The molecule has 0 aliphatic heterocycles. The van der Waals surface area contributed by atoms with Crippen molar-refractivity contribution in [3.05, 3.63) is 26.0 Å². The number of hydrogen-bond donors (Lipinski definition) is 0. The van der Waals surface area contributed by atoms with E-state index in [4.69, 9.17) is 16.9 Å². The van der Waals surface area contributed by atoms with Gasteiger partial charge in [-0.25, -0.2) is 13.8 Å². The second kappa shape index (κ2) is 4.84. The highest BCUT2D eigenvalue weighted by Crippen LogP contribution is 2.26. The molecule has 0 aliphatic rings. The molecule has 1 aromatic rings. The molecule has 0 bridgehead atoms. The van der Waals surface area contributed by atoms with E-state index in [1.807, 2.05) is 6.07 Å². The molecule has 0 fully saturated rings. The van der Waals surface area contributed by atoms with Crippen molar-refractivity contribution in [2.24, 2.45) is 0 Å². The van der Waals surface area contributed by atoms with E-state index in [9.17, 15) is 8.78 Å². The lowest BCUT2D eigenvalue weighted by Crippen LogP contribution is -1.98. The van der Waals surface area contributed by atoms with E-state index in [2.05, 4.69) is 4.98 Å². The van der Waals surface area contributed by atoms with Gasteiger partial charge in [0, 0.05) is 9.13 Å². The molecule has 0 unspecified atom stereocenters. The number of halogens is 4. The first kappa shape index (κ1) is 11.6. The first-order valence-electron chi connectivity index (χ1n) is 3.56. The molecule has 0 spiro atoms. The maximum absolute atomic E-state index is 12.3. The van der Waals surface area contributed by atoms with Crippen LogP contribution in [0.15, 0.2) is 6.07 Å². The van der Waals surface area contributed by atoms with E-state index in [1.54, 1.807) is 22.6 Å². The predicted octanol–water partition coefficient (Wildman–Crippen LogP) is 3.34. The van der Waals surface area contributed by atoms with Crippen molar-refractivity contribution in [2.75, 3.05) is 0 Å². The lowest BCUT2D eigenvalue weighted by atomic mass is 10.2. The van der Waals surface area contributed by atoms with Gasteiger partial charge in [0.2, 0.25) is 0 Å². The lowest BCUT2D eigenvalue weighted by molar-refractivity contribution is 0.145. The van der Waals surface area contributed by atoms with Gasteiger partial charge in [0.15, 0.2) is 0 Å². The molecule has 74 valence electrons. The zero-order chi connectivity index (χ0) is 10.7. The van der Waals surface area contributed by atoms with Crippen LogP contribution in [0, 0.1) is 14.9 Å². The molecule has 14 heavy (non-hydrogen) atoms. The van der Waals surface area contributed by atoms with Crippen LogP contribution in [0.4, 0.5) is 8.78 Å². The maximum Gasteiger partial charge on any atom is 0.281 e. The highest BCUT2D eigenvalue weighted by molar-refractivity contribution is 14.1. The topological polar surface area (TPSA) is 36.7 Å². The molecule has 0 saturated heterocycles. The molecule has 0 amide bonds. The summed E-state index contributed by atoms with van der Waals surface area (Å²) in [6.07, 6.45) is -2.57. The molecule has 1 heterocycles. The van der Waals surface area contributed by atoms with Crippen LogP contribution in [0.1, 0.15) is 17.7 Å². The van der Waals surface area contributed by atoms with Gasteiger partial charge in [-0.3, -0.25) is 0 Å². The summed E-state index contributed by atoms with van der Waals surface area (Å²) >= 11 is 7.37. The van der Waals surface area contributed by atoms with Gasteiger partial charge in [0.05, 0.1) is 12.5 Å². The van der Waals surface area contributed by atoms with Gasteiger partial charge in [-0.05, 0) is 28.7 Å². The average Bonchev–Trinajstić information content (AvgIpc) is 2.10. The molecule has 1 aromatic heterocycles. The zero-order valence-corrected chi connectivity index (χ0v) is 9.68. The van der Waals surface area contributed by atoms with Crippen molar-refractivity contribution in [2.45, 2.75) is 12.8 Å². The Balaban J connectivity index is 3.18. The summed E-state index contributed by atoms with van der Waals surface area (Å²) in [4.78, 5) is 3.55. The smallest absolute Gasteiger partial charge is 0.234 e. The molecule has 6 heteroatoms. The van der Waals surface area contributed by atoms with Crippen LogP contribution in [0.5, 0.6) is 0 Å². The average molecular weight is 328 g/mol. The summed E-state index contributed by atoms with van der Waals surface area (Å²) in [6.45, 7) is 0. The summed E-state index contributed by atoms with van der Waals surface area (Å²) in [5.74, 6) is 0. The fraction of sp³-hybridized carbons (Fsp3) is 0.250. The van der Waals surface area contributed by atoms with Gasteiger partial charge in [-0.2, -0.15) is 5.26 Å². The Bertz CT molecular complexity index is 390. The van der Waals surface area contributed by atoms with E-state index in [-0.39, 0.29) is 17.3 Å². The molecule has 0 atom stereocenters. The first-order valence-corrected chi connectivity index (χ1v) is 5.02. The van der Waals surface area contributed by atoms with Crippen LogP contribution in [-0.4, -0.2) is 4.98 Å². The standard InChI is InChI=1S/C8H4ClF2IN2/c9-7-4(1-2-13)3-5(12)6(14-7)8(10)11/h3,8H,1H2. The third-order valence-electron chi connectivity index (χ3n) is 1.51. The third kappa shape index (κ3) is 2.51. The van der Waals surface area contributed by atoms with Crippen LogP contribution >= 0.6 is 34.2 Å². The van der Waals surface area contributed by atoms with E-state index in [1.165, 1.54) is 6.07 Å². The van der Waals surface area contributed by atoms with Crippen LogP contribution in [0.3, 0.4) is 0 Å². The summed E-state index contributed by atoms with van der Waals surface area (Å²) in [7, 11) is 0. The van der Waals surface area contributed by atoms with Gasteiger partial charge in [-0.1, -0.05) is 11.6 Å². The van der Waals surface area contributed by atoms with Crippen molar-refractivity contribution in [1.29, 1.82) is 5.26 Å². The van der Waals surface area contributed by atoms with Crippen molar-refractivity contribution < 1.29 is 8.78 Å². The second-order valence-corrected chi connectivity index (χ2v) is 3.96. The Morgan fingerprint density at radius 3 is 2.79 bits per heavy atom. The number of nitrogens with zero attached hydrogens (tertiary/aromatic N) is 2. The number of rotatable bonds is 2. The van der Waals surface area contributed by atoms with Crippen molar-refractivity contribution in [1.82, 2.24) is 4.98 Å². The molecular weight excluding hydrogens is 324 g/mol. The molecule has 1 rings (SSSR count). The van der Waals surface area contributed by atoms with Crippen molar-refractivity contribution in [3.63, 3.8) is 0 Å². The minimum Gasteiger partial charge on any atom is -0.234 e. The Morgan fingerprint density at radius 1 is 1.64 bits per heavy atom. The van der Waals surface area contributed by atoms with Gasteiger partial charge in [0.1, 0.15) is 10.8 Å². The molecular formula is C8H4ClF2IN2.